The lowest BCUT2D eigenvalue weighted by Crippen LogP contribution is -2.45. The van der Waals surface area contributed by atoms with E-state index in [4.69, 9.17) is 18.9 Å². The van der Waals surface area contributed by atoms with Crippen LogP contribution in [0.5, 0.6) is 11.5 Å². The lowest BCUT2D eigenvalue weighted by atomic mass is 10.0. The standard InChI is InChI=1S/C19H20N4O5/c24-18(22-13-1-2-15-16(9-13)26-12-25-15)14-10-17(21-11-20-14)23-5-3-19(4-6-23)27-7-8-28-19/h1-2,9-11H,3-8,12H2,(H,22,24). The Balaban J connectivity index is 1.27. The molecule has 0 unspecified atom stereocenters. The second kappa shape index (κ2) is 6.92. The van der Waals surface area contributed by atoms with Gasteiger partial charge in [-0.3, -0.25) is 4.79 Å². The zero-order valence-electron chi connectivity index (χ0n) is 15.2. The van der Waals surface area contributed by atoms with Gasteiger partial charge < -0.3 is 29.2 Å². The molecule has 0 radical (unpaired) electrons. The van der Waals surface area contributed by atoms with Gasteiger partial charge in [-0.2, -0.15) is 0 Å². The van der Waals surface area contributed by atoms with Crippen LogP contribution in [0.4, 0.5) is 11.5 Å². The highest BCUT2D eigenvalue weighted by molar-refractivity contribution is 6.03. The van der Waals surface area contributed by atoms with E-state index in [1.54, 1.807) is 24.3 Å². The summed E-state index contributed by atoms with van der Waals surface area (Å²) >= 11 is 0. The molecule has 1 aromatic heterocycles. The smallest absolute Gasteiger partial charge is 0.274 e. The molecule has 9 nitrogen and oxygen atoms in total. The highest BCUT2D eigenvalue weighted by Gasteiger charge is 2.40. The number of anilines is 2. The average Bonchev–Trinajstić information content (AvgIpc) is 3.38. The van der Waals surface area contributed by atoms with Gasteiger partial charge >= 0.3 is 0 Å². The number of aromatic nitrogens is 2. The zero-order valence-corrected chi connectivity index (χ0v) is 15.2. The molecule has 3 aliphatic rings. The Morgan fingerprint density at radius 2 is 1.82 bits per heavy atom. The summed E-state index contributed by atoms with van der Waals surface area (Å²) in [5.74, 6) is 1.25. The van der Waals surface area contributed by atoms with Gasteiger partial charge in [0.1, 0.15) is 17.8 Å². The van der Waals surface area contributed by atoms with E-state index in [2.05, 4.69) is 20.2 Å². The fourth-order valence-corrected chi connectivity index (χ4v) is 3.68. The summed E-state index contributed by atoms with van der Waals surface area (Å²) in [6, 6.07) is 6.96. The number of nitrogens with one attached hydrogen (secondary N) is 1. The van der Waals surface area contributed by atoms with Crippen LogP contribution in [-0.2, 0) is 9.47 Å². The van der Waals surface area contributed by atoms with E-state index >= 15 is 0 Å². The maximum atomic E-state index is 12.6. The van der Waals surface area contributed by atoms with Gasteiger partial charge in [0.25, 0.3) is 5.91 Å². The Morgan fingerprint density at radius 3 is 2.64 bits per heavy atom. The summed E-state index contributed by atoms with van der Waals surface area (Å²) < 4.78 is 22.1. The number of nitrogens with zero attached hydrogens (tertiary/aromatic N) is 3. The highest BCUT2D eigenvalue weighted by Crippen LogP contribution is 2.35. The van der Waals surface area contributed by atoms with E-state index in [9.17, 15) is 4.79 Å². The van der Waals surface area contributed by atoms with Gasteiger partial charge in [-0.1, -0.05) is 0 Å². The van der Waals surface area contributed by atoms with Gasteiger partial charge in [0.15, 0.2) is 17.3 Å². The predicted octanol–water partition coefficient (Wildman–Crippen LogP) is 1.80. The van der Waals surface area contributed by atoms with Gasteiger partial charge in [-0.25, -0.2) is 9.97 Å². The summed E-state index contributed by atoms with van der Waals surface area (Å²) in [6.07, 6.45) is 2.96. The number of piperidine rings is 1. The normalized spacial score (nSPS) is 19.8. The maximum absolute atomic E-state index is 12.6. The molecular weight excluding hydrogens is 364 g/mol. The molecule has 1 aromatic carbocycles. The van der Waals surface area contributed by atoms with Crippen LogP contribution in [0.2, 0.25) is 0 Å². The average molecular weight is 384 g/mol. The Hall–Kier alpha value is -2.91. The van der Waals surface area contributed by atoms with Crippen molar-refractivity contribution >= 4 is 17.4 Å². The van der Waals surface area contributed by atoms with Crippen LogP contribution in [-0.4, -0.2) is 54.8 Å². The van der Waals surface area contributed by atoms with E-state index in [0.717, 1.165) is 31.7 Å². The molecule has 146 valence electrons. The minimum absolute atomic E-state index is 0.190. The number of rotatable bonds is 3. The molecular formula is C19H20N4O5. The predicted molar refractivity (Wildman–Crippen MR) is 98.6 cm³/mol. The largest absolute Gasteiger partial charge is 0.454 e. The van der Waals surface area contributed by atoms with Crippen LogP contribution in [0.15, 0.2) is 30.6 Å². The monoisotopic (exact) mass is 384 g/mol. The number of carbonyl (C=O) groups is 1. The van der Waals surface area contributed by atoms with Crippen molar-refractivity contribution in [1.29, 1.82) is 0 Å². The van der Waals surface area contributed by atoms with Crippen molar-refractivity contribution in [1.82, 2.24) is 9.97 Å². The van der Waals surface area contributed by atoms with Crippen molar-refractivity contribution in [2.75, 3.05) is 43.3 Å². The zero-order chi connectivity index (χ0) is 19.0. The second-order valence-corrected chi connectivity index (χ2v) is 6.88. The molecule has 9 heteroatoms. The third-order valence-corrected chi connectivity index (χ3v) is 5.18. The fraction of sp³-hybridized carbons (Fsp3) is 0.421. The van der Waals surface area contributed by atoms with Crippen LogP contribution in [0, 0.1) is 0 Å². The SMILES string of the molecule is O=C(Nc1ccc2c(c1)OCO2)c1cc(N2CCC3(CC2)OCCO3)ncn1. The van der Waals surface area contributed by atoms with Crippen LogP contribution >= 0.6 is 0 Å². The van der Waals surface area contributed by atoms with E-state index in [1.165, 1.54) is 6.33 Å². The van der Waals surface area contributed by atoms with E-state index in [1.807, 2.05) is 0 Å². The minimum Gasteiger partial charge on any atom is -0.454 e. The van der Waals surface area contributed by atoms with Gasteiger partial charge in [0, 0.05) is 43.8 Å². The number of hydrogen-bond acceptors (Lipinski definition) is 8. The molecule has 0 saturated carbocycles. The summed E-state index contributed by atoms with van der Waals surface area (Å²) in [7, 11) is 0. The molecule has 0 bridgehead atoms. The quantitative estimate of drug-likeness (QED) is 0.856. The number of hydrogen-bond donors (Lipinski definition) is 1. The summed E-state index contributed by atoms with van der Waals surface area (Å²) in [5, 5.41) is 2.83. The van der Waals surface area contributed by atoms with E-state index in [-0.39, 0.29) is 12.7 Å². The highest BCUT2D eigenvalue weighted by atomic mass is 16.7. The number of ether oxygens (including phenoxy) is 4. The van der Waals surface area contributed by atoms with E-state index in [0.29, 0.717) is 36.1 Å². The third-order valence-electron chi connectivity index (χ3n) is 5.18. The van der Waals surface area contributed by atoms with Crippen molar-refractivity contribution in [3.63, 3.8) is 0 Å². The maximum Gasteiger partial charge on any atom is 0.274 e. The minimum atomic E-state index is -0.441. The molecule has 4 heterocycles. The Labute approximate surface area is 161 Å². The molecule has 2 saturated heterocycles. The van der Waals surface area contributed by atoms with Crippen molar-refractivity contribution in [2.24, 2.45) is 0 Å². The Morgan fingerprint density at radius 1 is 1.04 bits per heavy atom. The first-order chi connectivity index (χ1) is 13.7. The van der Waals surface area contributed by atoms with Crippen LogP contribution < -0.4 is 19.7 Å². The molecule has 0 aliphatic carbocycles. The van der Waals surface area contributed by atoms with Gasteiger partial charge in [-0.05, 0) is 12.1 Å². The first-order valence-electron chi connectivity index (χ1n) is 9.27. The molecule has 2 aromatic rings. The van der Waals surface area contributed by atoms with Crippen molar-refractivity contribution in [3.8, 4) is 11.5 Å². The van der Waals surface area contributed by atoms with Gasteiger partial charge in [0.05, 0.1) is 13.2 Å². The molecule has 28 heavy (non-hydrogen) atoms. The topological polar surface area (TPSA) is 95.0 Å². The second-order valence-electron chi connectivity index (χ2n) is 6.88. The number of amides is 1. The molecule has 1 N–H and O–H groups in total. The Kier molecular flexibility index (Phi) is 4.25. The molecule has 0 atom stereocenters. The van der Waals surface area contributed by atoms with Crippen LogP contribution in [0.1, 0.15) is 23.3 Å². The number of benzene rings is 1. The van der Waals surface area contributed by atoms with Crippen LogP contribution in [0.3, 0.4) is 0 Å². The van der Waals surface area contributed by atoms with Crippen LogP contribution in [0.25, 0.3) is 0 Å². The van der Waals surface area contributed by atoms with Crippen molar-refractivity contribution in [2.45, 2.75) is 18.6 Å². The van der Waals surface area contributed by atoms with Gasteiger partial charge in [0.2, 0.25) is 6.79 Å². The summed E-state index contributed by atoms with van der Waals surface area (Å²) in [4.78, 5) is 23.2. The summed E-state index contributed by atoms with van der Waals surface area (Å²) in [6.45, 7) is 2.99. The lowest BCUT2D eigenvalue weighted by Gasteiger charge is -2.38. The summed E-state index contributed by atoms with van der Waals surface area (Å²) in [5.41, 5.74) is 0.918. The third kappa shape index (κ3) is 3.23. The van der Waals surface area contributed by atoms with Gasteiger partial charge in [-0.15, -0.1) is 0 Å². The Bertz CT molecular complexity index is 890. The van der Waals surface area contributed by atoms with Crippen molar-refractivity contribution in [3.05, 3.63) is 36.3 Å². The lowest BCUT2D eigenvalue weighted by molar-refractivity contribution is -0.169. The molecule has 1 amide bonds. The first kappa shape index (κ1) is 17.2. The fourth-order valence-electron chi connectivity index (χ4n) is 3.68. The molecule has 1 spiro atoms. The number of fused-ring (bicyclic) bond motifs is 1. The molecule has 3 aliphatic heterocycles. The van der Waals surface area contributed by atoms with E-state index < -0.39 is 5.79 Å². The van der Waals surface area contributed by atoms with Crippen molar-refractivity contribution < 1.29 is 23.7 Å². The first-order valence-corrected chi connectivity index (χ1v) is 9.27. The number of carbonyl (C=O) groups excluding carboxylic acids is 1. The molecule has 2 fully saturated rings. The molecule has 5 rings (SSSR count).